The van der Waals surface area contributed by atoms with E-state index in [0.717, 1.165) is 16.0 Å². The van der Waals surface area contributed by atoms with Crippen LogP contribution in [0.15, 0.2) is 57.9 Å². The zero-order chi connectivity index (χ0) is 17.6. The third-order valence-electron chi connectivity index (χ3n) is 3.35. The number of ether oxygens (including phenoxy) is 1. The number of esters is 1. The fourth-order valence-electron chi connectivity index (χ4n) is 2.10. The maximum atomic E-state index is 11.9. The molecule has 1 heterocycles. The number of carbonyl (C=O) groups is 1. The number of nitrogens with zero attached hydrogens (tertiary/aromatic N) is 2. The van der Waals surface area contributed by atoms with E-state index in [1.165, 1.54) is 11.8 Å². The van der Waals surface area contributed by atoms with E-state index in [4.69, 9.17) is 20.9 Å². The molecule has 128 valence electrons. The maximum absolute atomic E-state index is 11.9. The third kappa shape index (κ3) is 4.84. The summed E-state index contributed by atoms with van der Waals surface area (Å²) in [4.78, 5) is 17.1. The van der Waals surface area contributed by atoms with Gasteiger partial charge in [0.1, 0.15) is 0 Å². The molecule has 0 aliphatic carbocycles. The number of aromatic nitrogens is 2. The van der Waals surface area contributed by atoms with Crippen LogP contribution in [0.5, 0.6) is 0 Å². The SMILES string of the molecule is Cc1ccccc1SCC(=O)OCc1nc(-c2cccc(Cl)c2)no1. The Morgan fingerprint density at radius 2 is 2.08 bits per heavy atom. The number of aryl methyl sites for hydroxylation is 1. The first-order chi connectivity index (χ1) is 12.1. The molecule has 0 saturated carbocycles. The number of hydrogen-bond donors (Lipinski definition) is 0. The van der Waals surface area contributed by atoms with E-state index >= 15 is 0 Å². The summed E-state index contributed by atoms with van der Waals surface area (Å²) >= 11 is 7.38. The summed E-state index contributed by atoms with van der Waals surface area (Å²) < 4.78 is 10.3. The van der Waals surface area contributed by atoms with Crippen molar-refractivity contribution in [1.82, 2.24) is 10.1 Å². The van der Waals surface area contributed by atoms with Gasteiger partial charge < -0.3 is 9.26 Å². The fourth-order valence-corrected chi connectivity index (χ4v) is 3.11. The summed E-state index contributed by atoms with van der Waals surface area (Å²) in [5.74, 6) is 0.531. The molecule has 0 bridgehead atoms. The van der Waals surface area contributed by atoms with Gasteiger partial charge in [-0.05, 0) is 30.7 Å². The summed E-state index contributed by atoms with van der Waals surface area (Å²) in [5, 5.41) is 4.46. The van der Waals surface area contributed by atoms with Crippen molar-refractivity contribution in [1.29, 1.82) is 0 Å². The largest absolute Gasteiger partial charge is 0.455 e. The molecule has 0 aliphatic rings. The van der Waals surface area contributed by atoms with Crippen molar-refractivity contribution in [3.63, 3.8) is 0 Å². The Bertz CT molecular complexity index is 882. The van der Waals surface area contributed by atoms with E-state index in [0.29, 0.717) is 10.8 Å². The van der Waals surface area contributed by atoms with E-state index in [-0.39, 0.29) is 24.2 Å². The van der Waals surface area contributed by atoms with Crippen LogP contribution in [0.1, 0.15) is 11.5 Å². The molecule has 1 aromatic heterocycles. The molecule has 0 amide bonds. The van der Waals surface area contributed by atoms with Crippen LogP contribution in [-0.4, -0.2) is 21.9 Å². The standard InChI is InChI=1S/C18H15ClN2O3S/c1-12-5-2-3-8-15(12)25-11-17(22)23-10-16-20-18(21-24-16)13-6-4-7-14(19)9-13/h2-9H,10-11H2,1H3. The second-order valence-corrected chi connectivity index (χ2v) is 6.69. The van der Waals surface area contributed by atoms with Gasteiger partial charge in [-0.3, -0.25) is 4.79 Å². The number of rotatable bonds is 6. The van der Waals surface area contributed by atoms with Crippen molar-refractivity contribution in [3.8, 4) is 11.4 Å². The van der Waals surface area contributed by atoms with Crippen LogP contribution in [0, 0.1) is 6.92 Å². The monoisotopic (exact) mass is 374 g/mol. The molecule has 0 fully saturated rings. The predicted octanol–water partition coefficient (Wildman–Crippen LogP) is 4.53. The highest BCUT2D eigenvalue weighted by atomic mass is 35.5. The van der Waals surface area contributed by atoms with Crippen LogP contribution in [-0.2, 0) is 16.1 Å². The van der Waals surface area contributed by atoms with Crippen LogP contribution in [0.3, 0.4) is 0 Å². The summed E-state index contributed by atoms with van der Waals surface area (Å²) in [6.45, 7) is 1.95. The van der Waals surface area contributed by atoms with E-state index in [9.17, 15) is 4.79 Å². The first kappa shape index (κ1) is 17.5. The minimum Gasteiger partial charge on any atom is -0.455 e. The lowest BCUT2D eigenvalue weighted by Crippen LogP contribution is -2.07. The second kappa shape index (κ2) is 8.18. The molecule has 0 unspecified atom stereocenters. The molecule has 0 aliphatic heterocycles. The first-order valence-electron chi connectivity index (χ1n) is 7.54. The van der Waals surface area contributed by atoms with Crippen LogP contribution < -0.4 is 0 Å². The van der Waals surface area contributed by atoms with Crippen molar-refractivity contribution in [3.05, 3.63) is 65.0 Å². The highest BCUT2D eigenvalue weighted by Crippen LogP contribution is 2.22. The Morgan fingerprint density at radius 1 is 1.24 bits per heavy atom. The Labute approximate surface area is 154 Å². The number of hydrogen-bond acceptors (Lipinski definition) is 6. The number of halogens is 1. The Morgan fingerprint density at radius 3 is 2.88 bits per heavy atom. The lowest BCUT2D eigenvalue weighted by molar-refractivity contribution is -0.142. The van der Waals surface area contributed by atoms with Gasteiger partial charge in [-0.15, -0.1) is 11.8 Å². The van der Waals surface area contributed by atoms with Crippen LogP contribution in [0.25, 0.3) is 11.4 Å². The molecular weight excluding hydrogens is 360 g/mol. The van der Waals surface area contributed by atoms with Crippen molar-refractivity contribution in [2.24, 2.45) is 0 Å². The van der Waals surface area contributed by atoms with Gasteiger partial charge in [-0.1, -0.05) is 47.1 Å². The van der Waals surface area contributed by atoms with E-state index in [1.807, 2.05) is 37.3 Å². The zero-order valence-electron chi connectivity index (χ0n) is 13.4. The summed E-state index contributed by atoms with van der Waals surface area (Å²) in [5.41, 5.74) is 1.87. The average Bonchev–Trinajstić information content (AvgIpc) is 3.08. The van der Waals surface area contributed by atoms with Gasteiger partial charge in [-0.2, -0.15) is 4.98 Å². The molecule has 5 nitrogen and oxygen atoms in total. The highest BCUT2D eigenvalue weighted by Gasteiger charge is 2.12. The van der Waals surface area contributed by atoms with Gasteiger partial charge in [0.2, 0.25) is 5.82 Å². The molecule has 0 spiro atoms. The summed E-state index contributed by atoms with van der Waals surface area (Å²) in [6.07, 6.45) is 0. The molecular formula is C18H15ClN2O3S. The van der Waals surface area contributed by atoms with Crippen LogP contribution >= 0.6 is 23.4 Å². The molecule has 25 heavy (non-hydrogen) atoms. The predicted molar refractivity (Wildman–Crippen MR) is 96.4 cm³/mol. The van der Waals surface area contributed by atoms with Crippen molar-refractivity contribution in [2.45, 2.75) is 18.4 Å². The smallest absolute Gasteiger partial charge is 0.316 e. The van der Waals surface area contributed by atoms with E-state index in [2.05, 4.69) is 10.1 Å². The minimum atomic E-state index is -0.337. The van der Waals surface area contributed by atoms with Gasteiger partial charge >= 0.3 is 5.97 Å². The Hall–Kier alpha value is -2.31. The molecule has 0 N–H and O–H groups in total. The molecule has 0 atom stereocenters. The number of benzene rings is 2. The van der Waals surface area contributed by atoms with E-state index < -0.39 is 0 Å². The average molecular weight is 375 g/mol. The van der Waals surface area contributed by atoms with Crippen LogP contribution in [0.2, 0.25) is 5.02 Å². The van der Waals surface area contributed by atoms with Gasteiger partial charge in [-0.25, -0.2) is 0 Å². The summed E-state index contributed by atoms with van der Waals surface area (Å²) in [6, 6.07) is 15.0. The quantitative estimate of drug-likeness (QED) is 0.466. The van der Waals surface area contributed by atoms with Gasteiger partial charge in [0, 0.05) is 15.5 Å². The minimum absolute atomic E-state index is 0.0548. The molecule has 3 aromatic rings. The lowest BCUT2D eigenvalue weighted by Gasteiger charge is -2.04. The third-order valence-corrected chi connectivity index (χ3v) is 4.73. The van der Waals surface area contributed by atoms with Gasteiger partial charge in [0.25, 0.3) is 5.89 Å². The highest BCUT2D eigenvalue weighted by molar-refractivity contribution is 8.00. The topological polar surface area (TPSA) is 65.2 Å². The summed E-state index contributed by atoms with van der Waals surface area (Å²) in [7, 11) is 0. The fraction of sp³-hybridized carbons (Fsp3) is 0.167. The van der Waals surface area contributed by atoms with Gasteiger partial charge in [0.15, 0.2) is 6.61 Å². The van der Waals surface area contributed by atoms with Crippen molar-refractivity contribution in [2.75, 3.05) is 5.75 Å². The van der Waals surface area contributed by atoms with E-state index in [1.54, 1.807) is 18.2 Å². The molecule has 3 rings (SSSR count). The van der Waals surface area contributed by atoms with Gasteiger partial charge in [0.05, 0.1) is 5.75 Å². The Kier molecular flexibility index (Phi) is 5.73. The lowest BCUT2D eigenvalue weighted by atomic mass is 10.2. The number of carbonyl (C=O) groups excluding carboxylic acids is 1. The molecule has 7 heteroatoms. The number of thioether (sulfide) groups is 1. The van der Waals surface area contributed by atoms with Crippen molar-refractivity contribution < 1.29 is 14.1 Å². The Balaban J connectivity index is 1.52. The maximum Gasteiger partial charge on any atom is 0.316 e. The molecule has 0 radical (unpaired) electrons. The second-order valence-electron chi connectivity index (χ2n) is 5.24. The molecule has 0 saturated heterocycles. The van der Waals surface area contributed by atoms with Crippen molar-refractivity contribution >= 4 is 29.3 Å². The normalized spacial score (nSPS) is 10.6. The zero-order valence-corrected chi connectivity index (χ0v) is 15.0. The molecule has 2 aromatic carbocycles. The first-order valence-corrected chi connectivity index (χ1v) is 8.91. The van der Waals surface area contributed by atoms with Crippen LogP contribution in [0.4, 0.5) is 0 Å².